The summed E-state index contributed by atoms with van der Waals surface area (Å²) >= 11 is 0. The second-order valence-electron chi connectivity index (χ2n) is 5.87. The monoisotopic (exact) mass is 322 g/mol. The van der Waals surface area contributed by atoms with Gasteiger partial charge < -0.3 is 10.4 Å². The van der Waals surface area contributed by atoms with E-state index in [0.29, 0.717) is 6.42 Å². The van der Waals surface area contributed by atoms with Gasteiger partial charge in [0.2, 0.25) is 0 Å². The summed E-state index contributed by atoms with van der Waals surface area (Å²) in [6.45, 7) is 6.82. The minimum atomic E-state index is -1.15. The Bertz CT molecular complexity index is 488. The van der Waals surface area contributed by atoms with Crippen LogP contribution in [0.3, 0.4) is 0 Å². The van der Waals surface area contributed by atoms with Crippen molar-refractivity contribution in [3.05, 3.63) is 47.7 Å². The Kier molecular flexibility index (Phi) is 8.98. The van der Waals surface area contributed by atoms with Crippen molar-refractivity contribution in [2.45, 2.75) is 51.5 Å². The topological polar surface area (TPSA) is 61.4 Å². The summed E-state index contributed by atoms with van der Waals surface area (Å²) < 4.78 is 12.2. The smallest absolute Gasteiger partial charge is 0.323 e. The lowest BCUT2D eigenvalue weighted by atomic mass is 10.1. The first-order chi connectivity index (χ1) is 11.0. The number of halogens is 1. The molecule has 0 amide bonds. The first kappa shape index (κ1) is 19.2. The second kappa shape index (κ2) is 10.8. The Labute approximate surface area is 137 Å². The highest BCUT2D eigenvalue weighted by Gasteiger charge is 2.15. The molecule has 5 heteroatoms. The van der Waals surface area contributed by atoms with E-state index in [0.717, 1.165) is 37.9 Å². The molecule has 0 saturated heterocycles. The minimum absolute atomic E-state index is 0.285. The van der Waals surface area contributed by atoms with E-state index in [9.17, 15) is 9.28 Å². The number of hydrogen-bond acceptors (Lipinski definition) is 3. The summed E-state index contributed by atoms with van der Waals surface area (Å²) in [5.74, 6) is -1.15. The third-order valence-corrected chi connectivity index (χ3v) is 3.79. The molecule has 0 aliphatic carbocycles. The first-order valence-corrected chi connectivity index (χ1v) is 8.09. The molecule has 0 heterocycles. The summed E-state index contributed by atoms with van der Waals surface area (Å²) in [7, 11) is 0. The molecule has 0 bridgehead atoms. The number of nitrogens with one attached hydrogen (secondary N) is 2. The van der Waals surface area contributed by atoms with Crippen molar-refractivity contribution in [3.63, 3.8) is 0 Å². The van der Waals surface area contributed by atoms with Gasteiger partial charge in [-0.25, -0.2) is 0 Å². The number of carboxylic acids is 1. The van der Waals surface area contributed by atoms with Gasteiger partial charge in [0.25, 0.3) is 0 Å². The Morgan fingerprint density at radius 1 is 1.26 bits per heavy atom. The van der Waals surface area contributed by atoms with Gasteiger partial charge in [-0.15, -0.1) is 10.0 Å². The van der Waals surface area contributed by atoms with Gasteiger partial charge in [-0.2, -0.15) is 0 Å². The third-order valence-electron chi connectivity index (χ3n) is 3.79. The molecule has 1 atom stereocenters. The molecule has 128 valence electrons. The Morgan fingerprint density at radius 2 is 1.96 bits per heavy atom. The second-order valence-corrected chi connectivity index (χ2v) is 5.87. The molecule has 3 N–H and O–H groups in total. The number of aliphatic carboxylic acids is 1. The van der Waals surface area contributed by atoms with Gasteiger partial charge in [0.1, 0.15) is 6.04 Å². The van der Waals surface area contributed by atoms with Gasteiger partial charge in [0.15, 0.2) is 0 Å². The number of benzene rings is 1. The maximum absolute atomic E-state index is 12.2. The summed E-state index contributed by atoms with van der Waals surface area (Å²) in [6.07, 6.45) is 4.72. The zero-order valence-corrected chi connectivity index (χ0v) is 13.8. The van der Waals surface area contributed by atoms with Crippen LogP contribution in [0.15, 0.2) is 36.5 Å². The number of carboxylic acid groups (broad SMARTS) is 1. The minimum Gasteiger partial charge on any atom is -0.480 e. The van der Waals surface area contributed by atoms with Crippen LogP contribution in [0.25, 0.3) is 0 Å². The lowest BCUT2D eigenvalue weighted by molar-refractivity contribution is -0.141. The molecule has 0 spiro atoms. The van der Waals surface area contributed by atoms with E-state index in [1.54, 1.807) is 0 Å². The summed E-state index contributed by atoms with van der Waals surface area (Å²) in [4.78, 5) is 10.6. The normalized spacial score (nSPS) is 11.9. The summed E-state index contributed by atoms with van der Waals surface area (Å²) in [5, 5.41) is 11.9. The maximum atomic E-state index is 12.2. The largest absolute Gasteiger partial charge is 0.480 e. The van der Waals surface area contributed by atoms with Gasteiger partial charge in [-0.3, -0.25) is 4.79 Å². The molecule has 0 fully saturated rings. The molecule has 0 aliphatic heterocycles. The quantitative estimate of drug-likeness (QED) is 0.407. The van der Waals surface area contributed by atoms with Crippen molar-refractivity contribution in [1.82, 2.24) is 10.9 Å². The van der Waals surface area contributed by atoms with Crippen LogP contribution in [-0.2, 0) is 11.2 Å². The molecule has 1 aromatic rings. The lowest BCUT2D eigenvalue weighted by Crippen LogP contribution is -2.31. The molecule has 4 nitrogen and oxygen atoms in total. The van der Waals surface area contributed by atoms with Crippen LogP contribution in [0.1, 0.15) is 43.2 Å². The van der Waals surface area contributed by atoms with Crippen LogP contribution in [-0.4, -0.2) is 23.7 Å². The van der Waals surface area contributed by atoms with Crippen LogP contribution in [0, 0.1) is 6.92 Å². The van der Waals surface area contributed by atoms with Gasteiger partial charge in [-0.05, 0) is 51.0 Å². The van der Waals surface area contributed by atoms with Crippen molar-refractivity contribution < 1.29 is 14.4 Å². The van der Waals surface area contributed by atoms with E-state index in [-0.39, 0.29) is 6.42 Å². The van der Waals surface area contributed by atoms with E-state index in [4.69, 9.17) is 5.11 Å². The average molecular weight is 322 g/mol. The van der Waals surface area contributed by atoms with Crippen molar-refractivity contribution >= 4 is 5.97 Å². The highest BCUT2D eigenvalue weighted by atomic mass is 19.2. The number of carbonyl (C=O) groups is 1. The highest BCUT2D eigenvalue weighted by molar-refractivity contribution is 5.73. The Balaban J connectivity index is 2.06. The van der Waals surface area contributed by atoms with Crippen LogP contribution >= 0.6 is 0 Å². The van der Waals surface area contributed by atoms with Crippen molar-refractivity contribution in [2.24, 2.45) is 0 Å². The number of rotatable bonds is 12. The van der Waals surface area contributed by atoms with Gasteiger partial charge in [0.05, 0.1) is 0 Å². The molecule has 1 unspecified atom stereocenters. The number of unbranched alkanes of at least 4 members (excludes halogenated alkanes) is 1. The molecule has 1 aromatic carbocycles. The van der Waals surface area contributed by atoms with Crippen LogP contribution < -0.4 is 10.9 Å². The number of aryl methyl sites for hydroxylation is 2. The number of allylic oxidation sites excluding steroid dienone is 1. The highest BCUT2D eigenvalue weighted by Crippen LogP contribution is 2.09. The standard InChI is InChI=1S/C18H27FN2O2/c1-14-9-11-16(12-10-14)7-5-6-15(2)20-13-4-3-8-17(21-19)18(22)23/h9-12,17,20-21H,2-8,13H2,1H3,(H,22,23). The predicted molar refractivity (Wildman–Crippen MR) is 90.8 cm³/mol. The fraction of sp³-hybridized carbons (Fsp3) is 0.500. The Hall–Kier alpha value is -1.88. The predicted octanol–water partition coefficient (Wildman–Crippen LogP) is 3.52. The molecule has 23 heavy (non-hydrogen) atoms. The van der Waals surface area contributed by atoms with Crippen molar-refractivity contribution in [2.75, 3.05) is 6.54 Å². The number of hydrogen-bond donors (Lipinski definition) is 3. The molecule has 1 rings (SSSR count). The van der Waals surface area contributed by atoms with Gasteiger partial charge in [0, 0.05) is 12.2 Å². The van der Waals surface area contributed by atoms with Gasteiger partial charge in [-0.1, -0.05) is 36.4 Å². The molecule has 0 radical (unpaired) electrons. The van der Waals surface area contributed by atoms with Crippen LogP contribution in [0.4, 0.5) is 4.48 Å². The molecular formula is C18H27FN2O2. The van der Waals surface area contributed by atoms with Crippen molar-refractivity contribution in [3.8, 4) is 0 Å². The van der Waals surface area contributed by atoms with E-state index in [1.165, 1.54) is 16.7 Å². The molecule has 0 aliphatic rings. The first-order valence-electron chi connectivity index (χ1n) is 8.09. The van der Waals surface area contributed by atoms with E-state index in [1.807, 2.05) is 0 Å². The fourth-order valence-electron chi connectivity index (χ4n) is 2.31. The third kappa shape index (κ3) is 8.35. The zero-order valence-electron chi connectivity index (χ0n) is 13.8. The zero-order chi connectivity index (χ0) is 17.1. The van der Waals surface area contributed by atoms with Crippen LogP contribution in [0.5, 0.6) is 0 Å². The summed E-state index contributed by atoms with van der Waals surface area (Å²) in [5.41, 5.74) is 4.91. The molecular weight excluding hydrogens is 295 g/mol. The fourth-order valence-corrected chi connectivity index (χ4v) is 2.31. The molecule has 0 saturated carbocycles. The van der Waals surface area contributed by atoms with E-state index >= 15 is 0 Å². The van der Waals surface area contributed by atoms with Gasteiger partial charge >= 0.3 is 5.97 Å². The van der Waals surface area contributed by atoms with E-state index < -0.39 is 12.0 Å². The lowest BCUT2D eigenvalue weighted by Gasteiger charge is -2.11. The molecule has 0 aromatic heterocycles. The maximum Gasteiger partial charge on any atom is 0.323 e. The van der Waals surface area contributed by atoms with Crippen molar-refractivity contribution in [1.29, 1.82) is 0 Å². The Morgan fingerprint density at radius 3 is 2.57 bits per heavy atom. The SMILES string of the molecule is C=C(CCCc1ccc(C)cc1)NCCCCC(NF)C(=O)O. The average Bonchev–Trinajstić information content (AvgIpc) is 2.52. The van der Waals surface area contributed by atoms with E-state index in [2.05, 4.69) is 43.1 Å². The van der Waals surface area contributed by atoms with Crippen LogP contribution in [0.2, 0.25) is 0 Å². The summed E-state index contributed by atoms with van der Waals surface area (Å²) in [6, 6.07) is 7.46.